The van der Waals surface area contributed by atoms with Gasteiger partial charge in [-0.25, -0.2) is 0 Å². The summed E-state index contributed by atoms with van der Waals surface area (Å²) >= 11 is 5.96. The van der Waals surface area contributed by atoms with Gasteiger partial charge in [-0.3, -0.25) is 4.99 Å². The van der Waals surface area contributed by atoms with Crippen LogP contribution in [0.15, 0.2) is 29.3 Å². The van der Waals surface area contributed by atoms with Crippen molar-refractivity contribution in [3.63, 3.8) is 0 Å². The minimum absolute atomic E-state index is 0.304. The van der Waals surface area contributed by atoms with Gasteiger partial charge in [0.2, 0.25) is 0 Å². The van der Waals surface area contributed by atoms with Gasteiger partial charge >= 0.3 is 0 Å². The van der Waals surface area contributed by atoms with E-state index in [1.807, 2.05) is 12.1 Å². The van der Waals surface area contributed by atoms with Crippen molar-refractivity contribution in [2.45, 2.75) is 57.7 Å². The van der Waals surface area contributed by atoms with Crippen molar-refractivity contribution >= 4 is 17.6 Å². The molecule has 2 saturated heterocycles. The third-order valence-corrected chi connectivity index (χ3v) is 5.70. The van der Waals surface area contributed by atoms with Crippen LogP contribution in [-0.4, -0.2) is 62.5 Å². The van der Waals surface area contributed by atoms with Crippen LogP contribution in [0, 0.1) is 0 Å². The highest BCUT2D eigenvalue weighted by atomic mass is 35.5. The molecule has 0 saturated carbocycles. The summed E-state index contributed by atoms with van der Waals surface area (Å²) in [5.41, 5.74) is 1.26. The summed E-state index contributed by atoms with van der Waals surface area (Å²) in [4.78, 5) is 7.20. The summed E-state index contributed by atoms with van der Waals surface area (Å²) < 4.78 is 11.9. The molecule has 1 unspecified atom stereocenters. The molecule has 0 aliphatic carbocycles. The summed E-state index contributed by atoms with van der Waals surface area (Å²) in [6, 6.07) is 8.02. The number of benzene rings is 1. The molecule has 1 aromatic rings. The second-order valence-corrected chi connectivity index (χ2v) is 8.06. The molecule has 0 bridgehead atoms. The number of halogens is 1. The van der Waals surface area contributed by atoms with Crippen molar-refractivity contribution in [1.29, 1.82) is 0 Å². The number of nitrogens with one attached hydrogen (secondary N) is 1. The second-order valence-electron chi connectivity index (χ2n) is 7.62. The number of guanidine groups is 1. The Morgan fingerprint density at radius 1 is 1.21 bits per heavy atom. The van der Waals surface area contributed by atoms with E-state index in [-0.39, 0.29) is 0 Å². The van der Waals surface area contributed by atoms with Crippen LogP contribution in [0.5, 0.6) is 0 Å². The highest BCUT2D eigenvalue weighted by Gasteiger charge is 2.23. The van der Waals surface area contributed by atoms with Crippen LogP contribution in [0.4, 0.5) is 0 Å². The Morgan fingerprint density at radius 2 is 2.00 bits per heavy atom. The zero-order chi connectivity index (χ0) is 19.6. The number of ether oxygens (including phenoxy) is 2. The SMILES string of the molecule is CCNC(=NCCc1ccc(Cl)cc1)N1CCC(OCC2CCCCO2)CC1. The smallest absolute Gasteiger partial charge is 0.193 e. The van der Waals surface area contributed by atoms with E-state index in [1.165, 1.54) is 18.4 Å². The van der Waals surface area contributed by atoms with E-state index in [9.17, 15) is 0 Å². The quantitative estimate of drug-likeness (QED) is 0.550. The standard InChI is InChI=1S/C22H34ClN3O2/c1-2-24-22(25-13-10-18-6-8-19(23)9-7-18)26-14-11-20(12-15-26)28-17-21-5-3-4-16-27-21/h6-9,20-21H,2-5,10-17H2,1H3,(H,24,25). The molecule has 1 N–H and O–H groups in total. The average molecular weight is 408 g/mol. The molecule has 1 atom stereocenters. The van der Waals surface area contributed by atoms with Gasteiger partial charge in [-0.1, -0.05) is 23.7 Å². The van der Waals surface area contributed by atoms with Crippen molar-refractivity contribution in [2.24, 2.45) is 4.99 Å². The second kappa shape index (κ2) is 11.6. The van der Waals surface area contributed by atoms with E-state index >= 15 is 0 Å². The molecule has 1 aromatic carbocycles. The number of nitrogens with zero attached hydrogens (tertiary/aromatic N) is 2. The zero-order valence-corrected chi connectivity index (χ0v) is 17.8. The third-order valence-electron chi connectivity index (χ3n) is 5.44. The van der Waals surface area contributed by atoms with Crippen LogP contribution in [0.2, 0.25) is 5.02 Å². The Hall–Kier alpha value is -1.30. The maximum atomic E-state index is 6.14. The van der Waals surface area contributed by atoms with Crippen LogP contribution >= 0.6 is 11.6 Å². The van der Waals surface area contributed by atoms with Gasteiger partial charge in [0, 0.05) is 37.8 Å². The van der Waals surface area contributed by atoms with E-state index in [2.05, 4.69) is 29.3 Å². The zero-order valence-electron chi connectivity index (χ0n) is 17.0. The number of likely N-dealkylation sites (tertiary alicyclic amines) is 1. The van der Waals surface area contributed by atoms with Crippen LogP contribution in [0.25, 0.3) is 0 Å². The topological polar surface area (TPSA) is 46.1 Å². The molecule has 6 heteroatoms. The van der Waals surface area contributed by atoms with E-state index in [4.69, 9.17) is 26.1 Å². The number of piperidine rings is 1. The lowest BCUT2D eigenvalue weighted by Gasteiger charge is -2.35. The average Bonchev–Trinajstić information content (AvgIpc) is 2.74. The van der Waals surface area contributed by atoms with Crippen LogP contribution in [-0.2, 0) is 15.9 Å². The lowest BCUT2D eigenvalue weighted by molar-refractivity contribution is -0.0721. The summed E-state index contributed by atoms with van der Waals surface area (Å²) in [6.07, 6.45) is 7.28. The summed E-state index contributed by atoms with van der Waals surface area (Å²) in [6.45, 7) is 7.40. The van der Waals surface area contributed by atoms with E-state index < -0.39 is 0 Å². The van der Waals surface area contributed by atoms with Crippen LogP contribution in [0.3, 0.4) is 0 Å². The monoisotopic (exact) mass is 407 g/mol. The van der Waals surface area contributed by atoms with Crippen molar-refractivity contribution in [2.75, 3.05) is 39.4 Å². The molecule has 2 aliphatic heterocycles. The normalized spacial score (nSPS) is 21.7. The fourth-order valence-corrected chi connectivity index (χ4v) is 3.91. The summed E-state index contributed by atoms with van der Waals surface area (Å²) in [5, 5.41) is 4.22. The van der Waals surface area contributed by atoms with Gasteiger partial charge in [0.15, 0.2) is 5.96 Å². The number of hydrogen-bond acceptors (Lipinski definition) is 3. The molecule has 156 valence electrons. The summed E-state index contributed by atoms with van der Waals surface area (Å²) in [5.74, 6) is 1.02. The molecule has 0 amide bonds. The molecule has 3 rings (SSSR count). The van der Waals surface area contributed by atoms with Crippen LogP contribution in [0.1, 0.15) is 44.6 Å². The molecule has 2 aliphatic rings. The van der Waals surface area contributed by atoms with Gasteiger partial charge in [0.25, 0.3) is 0 Å². The van der Waals surface area contributed by atoms with E-state index in [1.54, 1.807) is 0 Å². The maximum absolute atomic E-state index is 6.14. The summed E-state index contributed by atoms with van der Waals surface area (Å²) in [7, 11) is 0. The van der Waals surface area contributed by atoms with Gasteiger partial charge in [0.1, 0.15) is 0 Å². The van der Waals surface area contributed by atoms with Gasteiger partial charge in [-0.15, -0.1) is 0 Å². The van der Waals surface area contributed by atoms with Gasteiger partial charge in [-0.05, 0) is 63.1 Å². The van der Waals surface area contributed by atoms with Crippen LogP contribution < -0.4 is 5.32 Å². The maximum Gasteiger partial charge on any atom is 0.193 e. The fraction of sp³-hybridized carbons (Fsp3) is 0.682. The molecular weight excluding hydrogens is 374 g/mol. The Bertz CT molecular complexity index is 594. The van der Waals surface area contributed by atoms with Crippen molar-refractivity contribution < 1.29 is 9.47 Å². The van der Waals surface area contributed by atoms with E-state index in [0.717, 1.165) is 76.1 Å². The molecule has 28 heavy (non-hydrogen) atoms. The van der Waals surface area contributed by atoms with Gasteiger partial charge in [0.05, 0.1) is 18.8 Å². The van der Waals surface area contributed by atoms with Crippen molar-refractivity contribution in [3.8, 4) is 0 Å². The first kappa shape index (κ1) is 21.4. The number of aliphatic imine (C=N–C) groups is 1. The lowest BCUT2D eigenvalue weighted by atomic mass is 10.1. The molecule has 0 radical (unpaired) electrons. The number of rotatable bonds is 7. The molecular formula is C22H34ClN3O2. The Kier molecular flexibility index (Phi) is 8.90. The fourth-order valence-electron chi connectivity index (χ4n) is 3.78. The largest absolute Gasteiger partial charge is 0.376 e. The Labute approximate surface area is 174 Å². The van der Waals surface area contributed by atoms with Gasteiger partial charge in [-0.2, -0.15) is 0 Å². The lowest BCUT2D eigenvalue weighted by Crippen LogP contribution is -2.47. The molecule has 0 aromatic heterocycles. The molecule has 0 spiro atoms. The predicted octanol–water partition coefficient (Wildman–Crippen LogP) is 3.90. The number of hydrogen-bond donors (Lipinski definition) is 1. The van der Waals surface area contributed by atoms with Crippen molar-refractivity contribution in [1.82, 2.24) is 10.2 Å². The van der Waals surface area contributed by atoms with Gasteiger partial charge < -0.3 is 19.7 Å². The van der Waals surface area contributed by atoms with Crippen molar-refractivity contribution in [3.05, 3.63) is 34.9 Å². The first-order valence-electron chi connectivity index (χ1n) is 10.8. The minimum atomic E-state index is 0.304. The Balaban J connectivity index is 1.42. The highest BCUT2D eigenvalue weighted by Crippen LogP contribution is 2.18. The van der Waals surface area contributed by atoms with E-state index in [0.29, 0.717) is 12.2 Å². The molecule has 2 fully saturated rings. The first-order valence-corrected chi connectivity index (χ1v) is 11.1. The first-order chi connectivity index (χ1) is 13.7. The molecule has 2 heterocycles. The molecule has 5 nitrogen and oxygen atoms in total. The Morgan fingerprint density at radius 3 is 2.68 bits per heavy atom. The minimum Gasteiger partial charge on any atom is -0.376 e. The predicted molar refractivity (Wildman–Crippen MR) is 115 cm³/mol. The highest BCUT2D eigenvalue weighted by molar-refractivity contribution is 6.30. The third kappa shape index (κ3) is 6.94.